The van der Waals surface area contributed by atoms with Gasteiger partial charge in [0.1, 0.15) is 17.6 Å². The molecule has 0 aromatic heterocycles. The lowest BCUT2D eigenvalue weighted by Gasteiger charge is -2.13. The Morgan fingerprint density at radius 3 is 2.74 bits per heavy atom. The van der Waals surface area contributed by atoms with E-state index in [1.807, 2.05) is 26.0 Å². The number of nitro groups is 1. The van der Waals surface area contributed by atoms with Gasteiger partial charge in [-0.25, -0.2) is 0 Å². The Morgan fingerprint density at radius 1 is 1.33 bits per heavy atom. The summed E-state index contributed by atoms with van der Waals surface area (Å²) in [5.41, 5.74) is 2.70. The summed E-state index contributed by atoms with van der Waals surface area (Å²) in [7, 11) is 0. The number of carbonyl (C=O) groups is 1. The van der Waals surface area contributed by atoms with Gasteiger partial charge in [-0.05, 0) is 31.5 Å². The van der Waals surface area contributed by atoms with E-state index in [-0.39, 0.29) is 24.1 Å². The molecule has 1 atom stereocenters. The average Bonchev–Trinajstić information content (AvgIpc) is 2.99. The Morgan fingerprint density at radius 2 is 2.07 bits per heavy atom. The molecule has 0 saturated heterocycles. The predicted molar refractivity (Wildman–Crippen MR) is 100 cm³/mol. The third-order valence-electron chi connectivity index (χ3n) is 4.37. The molecule has 0 fully saturated rings. The Bertz CT molecular complexity index is 848. The highest BCUT2D eigenvalue weighted by atomic mass is 16.6. The number of amides is 1. The minimum Gasteiger partial charge on any atom is -0.494 e. The third-order valence-corrected chi connectivity index (χ3v) is 4.37. The van der Waals surface area contributed by atoms with E-state index in [1.165, 1.54) is 12.1 Å². The molecular weight excluding hydrogens is 348 g/mol. The van der Waals surface area contributed by atoms with Crippen LogP contribution >= 0.6 is 0 Å². The van der Waals surface area contributed by atoms with Gasteiger partial charge in [-0.2, -0.15) is 0 Å². The van der Waals surface area contributed by atoms with Crippen LogP contribution in [0, 0.1) is 10.1 Å². The first kappa shape index (κ1) is 18.7. The number of nitro benzene ring substituents is 1. The Hall–Kier alpha value is -3.09. The molecule has 0 aliphatic carbocycles. The zero-order valence-corrected chi connectivity index (χ0v) is 15.4. The lowest BCUT2D eigenvalue weighted by atomic mass is 10.1. The number of benzene rings is 2. The van der Waals surface area contributed by atoms with Crippen LogP contribution in [0.5, 0.6) is 11.5 Å². The summed E-state index contributed by atoms with van der Waals surface area (Å²) in [4.78, 5) is 22.5. The lowest BCUT2D eigenvalue weighted by molar-refractivity contribution is -0.384. The van der Waals surface area contributed by atoms with Crippen LogP contribution in [0.2, 0.25) is 0 Å². The van der Waals surface area contributed by atoms with Gasteiger partial charge in [0.25, 0.3) is 5.69 Å². The molecule has 7 nitrogen and oxygen atoms in total. The minimum atomic E-state index is -0.462. The van der Waals surface area contributed by atoms with E-state index in [1.54, 1.807) is 12.1 Å². The first-order chi connectivity index (χ1) is 13.0. The Kier molecular flexibility index (Phi) is 5.59. The zero-order chi connectivity index (χ0) is 19.4. The summed E-state index contributed by atoms with van der Waals surface area (Å²) < 4.78 is 11.5. The van der Waals surface area contributed by atoms with Crippen LogP contribution < -0.4 is 14.8 Å². The molecule has 2 aromatic carbocycles. The molecule has 3 rings (SSSR count). The number of fused-ring (bicyclic) bond motifs is 1. The van der Waals surface area contributed by atoms with Crippen LogP contribution in [0.25, 0.3) is 0 Å². The molecule has 1 heterocycles. The quantitative estimate of drug-likeness (QED) is 0.597. The number of rotatable bonds is 7. The number of hydrogen-bond donors (Lipinski definition) is 1. The summed E-state index contributed by atoms with van der Waals surface area (Å²) in [6.45, 7) is 4.81. The number of ether oxygens (including phenoxy) is 2. The van der Waals surface area contributed by atoms with Crippen molar-refractivity contribution in [1.29, 1.82) is 0 Å². The van der Waals surface area contributed by atoms with Gasteiger partial charge in [0.05, 0.1) is 18.0 Å². The Balaban J connectivity index is 1.64. The van der Waals surface area contributed by atoms with Crippen LogP contribution in [0.1, 0.15) is 30.5 Å². The van der Waals surface area contributed by atoms with Crippen molar-refractivity contribution in [2.24, 2.45) is 0 Å². The van der Waals surface area contributed by atoms with Gasteiger partial charge in [-0.3, -0.25) is 14.9 Å². The second-order valence-electron chi connectivity index (χ2n) is 6.51. The van der Waals surface area contributed by atoms with Crippen molar-refractivity contribution in [2.45, 2.75) is 39.3 Å². The van der Waals surface area contributed by atoms with Crippen LogP contribution in [-0.2, 0) is 24.2 Å². The van der Waals surface area contributed by atoms with E-state index >= 15 is 0 Å². The summed E-state index contributed by atoms with van der Waals surface area (Å²) >= 11 is 0. The number of hydrogen-bond acceptors (Lipinski definition) is 5. The normalized spacial score (nSPS) is 15.0. The molecular formula is C20H22N2O5. The maximum atomic E-state index is 12.2. The largest absolute Gasteiger partial charge is 0.494 e. The molecule has 0 unspecified atom stereocenters. The Labute approximate surface area is 157 Å². The fraction of sp³-hybridized carbons (Fsp3) is 0.350. The van der Waals surface area contributed by atoms with Gasteiger partial charge in [-0.15, -0.1) is 0 Å². The highest BCUT2D eigenvalue weighted by Gasteiger charge is 2.22. The van der Waals surface area contributed by atoms with E-state index < -0.39 is 4.92 Å². The van der Waals surface area contributed by atoms with Crippen molar-refractivity contribution in [3.63, 3.8) is 0 Å². The number of non-ortho nitro benzene ring substituents is 1. The number of nitrogens with zero attached hydrogens (tertiary/aromatic N) is 1. The monoisotopic (exact) mass is 370 g/mol. The van der Waals surface area contributed by atoms with Crippen molar-refractivity contribution in [3.05, 3.63) is 63.2 Å². The predicted octanol–water partition coefficient (Wildman–Crippen LogP) is 3.18. The highest BCUT2D eigenvalue weighted by Crippen LogP contribution is 2.35. The van der Waals surface area contributed by atoms with Gasteiger partial charge < -0.3 is 14.8 Å². The van der Waals surface area contributed by atoms with E-state index in [0.717, 1.165) is 29.0 Å². The fourth-order valence-corrected chi connectivity index (χ4v) is 3.09. The molecule has 2 aromatic rings. The van der Waals surface area contributed by atoms with Crippen molar-refractivity contribution >= 4 is 11.6 Å². The third kappa shape index (κ3) is 4.55. The molecule has 1 aliphatic heterocycles. The molecule has 0 spiro atoms. The molecule has 142 valence electrons. The number of carbonyl (C=O) groups excluding carboxylic acids is 1. The molecule has 27 heavy (non-hydrogen) atoms. The summed E-state index contributed by atoms with van der Waals surface area (Å²) in [5, 5.41) is 13.6. The van der Waals surface area contributed by atoms with E-state index in [9.17, 15) is 14.9 Å². The van der Waals surface area contributed by atoms with Crippen molar-refractivity contribution in [2.75, 3.05) is 6.61 Å². The van der Waals surface area contributed by atoms with Gasteiger partial charge >= 0.3 is 0 Å². The molecule has 0 saturated carbocycles. The standard InChI is InChI=1S/C20H22N2O5/c1-3-26-18-10-15-8-13(2)27-19(15)11-16(18)12-21-20(23)9-14-4-6-17(7-5-14)22(24)25/h4-7,10-11,13H,3,8-9,12H2,1-2H3,(H,21,23)/t13-/m0/s1. The van der Waals surface area contributed by atoms with E-state index in [4.69, 9.17) is 9.47 Å². The smallest absolute Gasteiger partial charge is 0.269 e. The fourth-order valence-electron chi connectivity index (χ4n) is 3.09. The van der Waals surface area contributed by atoms with Gasteiger partial charge in [-0.1, -0.05) is 12.1 Å². The number of nitrogens with one attached hydrogen (secondary N) is 1. The maximum absolute atomic E-state index is 12.2. The summed E-state index contributed by atoms with van der Waals surface area (Å²) in [6.07, 6.45) is 1.14. The second-order valence-corrected chi connectivity index (χ2v) is 6.51. The lowest BCUT2D eigenvalue weighted by Crippen LogP contribution is -2.24. The van der Waals surface area contributed by atoms with Crippen LogP contribution in [-0.4, -0.2) is 23.5 Å². The van der Waals surface area contributed by atoms with E-state index in [2.05, 4.69) is 5.32 Å². The average molecular weight is 370 g/mol. The summed E-state index contributed by atoms with van der Waals surface area (Å²) in [5.74, 6) is 1.43. The maximum Gasteiger partial charge on any atom is 0.269 e. The summed E-state index contributed by atoms with van der Waals surface area (Å²) in [6, 6.07) is 9.89. The van der Waals surface area contributed by atoms with Crippen LogP contribution in [0.4, 0.5) is 5.69 Å². The van der Waals surface area contributed by atoms with Gasteiger partial charge in [0.15, 0.2) is 0 Å². The van der Waals surface area contributed by atoms with E-state index in [0.29, 0.717) is 18.7 Å². The van der Waals surface area contributed by atoms with Gasteiger partial charge in [0, 0.05) is 36.2 Å². The molecule has 0 bridgehead atoms. The zero-order valence-electron chi connectivity index (χ0n) is 15.4. The molecule has 1 amide bonds. The van der Waals surface area contributed by atoms with Crippen LogP contribution in [0.15, 0.2) is 36.4 Å². The molecule has 1 N–H and O–H groups in total. The highest BCUT2D eigenvalue weighted by molar-refractivity contribution is 5.78. The van der Waals surface area contributed by atoms with Crippen LogP contribution in [0.3, 0.4) is 0 Å². The first-order valence-electron chi connectivity index (χ1n) is 8.91. The second kappa shape index (κ2) is 8.07. The first-order valence-corrected chi connectivity index (χ1v) is 8.91. The minimum absolute atomic E-state index is 0.00730. The molecule has 0 radical (unpaired) electrons. The van der Waals surface area contributed by atoms with Crippen molar-refractivity contribution in [1.82, 2.24) is 5.32 Å². The SMILES string of the molecule is CCOc1cc2c(cc1CNC(=O)Cc1ccc([N+](=O)[O-])cc1)O[C@@H](C)C2. The molecule has 7 heteroatoms. The topological polar surface area (TPSA) is 90.7 Å². The van der Waals surface area contributed by atoms with Crippen molar-refractivity contribution in [3.8, 4) is 11.5 Å². The van der Waals surface area contributed by atoms with Gasteiger partial charge in [0.2, 0.25) is 5.91 Å². The molecule has 1 aliphatic rings. The van der Waals surface area contributed by atoms with Crippen molar-refractivity contribution < 1.29 is 19.2 Å².